The molecular weight excluding hydrogens is 1780 g/mol. The first kappa shape index (κ1) is 123. The maximum atomic E-state index is 14.4. The molecule has 0 aromatic heterocycles. The van der Waals surface area contributed by atoms with Crippen LogP contribution in [0.5, 0.6) is 0 Å². The van der Waals surface area contributed by atoms with Crippen LogP contribution in [0.4, 0.5) is 0 Å². The number of unbranched alkanes of at least 4 members (excludes halogenated alkanes) is 23. The number of carbonyl (C=O) groups is 8. The number of nitrogens with zero attached hydrogens (tertiary/aromatic N) is 1. The number of nitrogens with one attached hydrogen (secondary N) is 7. The first-order valence-electron chi connectivity index (χ1n) is 52.8. The van der Waals surface area contributed by atoms with Crippen molar-refractivity contribution in [3.05, 3.63) is 48.6 Å². The average Bonchev–Trinajstić information content (AvgIpc) is 1.56. The number of hydrogen-bond donors (Lipinski definition) is 14. The molecule has 35 heteroatoms. The molecule has 0 aromatic rings. The van der Waals surface area contributed by atoms with Crippen molar-refractivity contribution >= 4 is 47.1 Å². The number of epoxide rings is 1. The number of Topliss-reactive ketones (excluding diaryl/α,β-unsaturated/α-hetero) is 1. The minimum absolute atomic E-state index is 0.00113. The highest BCUT2D eigenvalue weighted by molar-refractivity contribution is 5.87. The number of allylic oxidation sites excluding steroid dienone is 8. The summed E-state index contributed by atoms with van der Waals surface area (Å²) in [4.78, 5) is 107. The second-order valence-corrected chi connectivity index (χ2v) is 38.0. The highest BCUT2D eigenvalue weighted by Gasteiger charge is 2.70. The summed E-state index contributed by atoms with van der Waals surface area (Å²) in [5, 5.41) is 90.7. The van der Waals surface area contributed by atoms with E-state index in [-0.39, 0.29) is 178 Å². The quantitative estimate of drug-likeness (QED) is 0.0153. The number of aliphatic hydroxyl groups excluding tert-OH is 7. The van der Waals surface area contributed by atoms with Crippen molar-refractivity contribution in [1.82, 2.24) is 42.1 Å². The predicted molar refractivity (Wildman–Crippen MR) is 524 cm³/mol. The van der Waals surface area contributed by atoms with E-state index in [2.05, 4.69) is 112 Å². The topological polar surface area (TPSA) is 480 Å². The molecule has 16 atom stereocenters. The van der Waals surface area contributed by atoms with Crippen LogP contribution in [0.15, 0.2) is 48.6 Å². The van der Waals surface area contributed by atoms with Crippen molar-refractivity contribution < 1.29 is 131 Å². The van der Waals surface area contributed by atoms with Crippen LogP contribution in [0.1, 0.15) is 330 Å². The second kappa shape index (κ2) is 74.9. The molecule has 0 aromatic carbocycles. The molecule has 5 saturated heterocycles. The largest absolute Gasteiger partial charge is 0.388 e. The fraction of sp³-hybridized carbons (Fsp3) is 0.845. The Morgan fingerprint density at radius 3 is 1.28 bits per heavy atom. The van der Waals surface area contributed by atoms with Gasteiger partial charge in [-0.05, 0) is 188 Å². The fourth-order valence-electron chi connectivity index (χ4n) is 16.7. The first-order chi connectivity index (χ1) is 66.8. The van der Waals surface area contributed by atoms with Gasteiger partial charge in [0.1, 0.15) is 48.3 Å². The number of fused-ring (bicyclic) bond motifs is 1. The molecule has 0 radical (unpaired) electrons. The van der Waals surface area contributed by atoms with Crippen LogP contribution in [-0.2, 0) is 95.2 Å². The Bertz CT molecular complexity index is 3360. The Balaban J connectivity index is 1.13. The van der Waals surface area contributed by atoms with Crippen LogP contribution in [0.3, 0.4) is 0 Å². The molecule has 0 bridgehead atoms. The van der Waals surface area contributed by atoms with Crippen molar-refractivity contribution in [3.63, 3.8) is 0 Å². The van der Waals surface area contributed by atoms with Crippen LogP contribution in [0, 0.1) is 0 Å². The summed E-state index contributed by atoms with van der Waals surface area (Å²) in [5.41, 5.74) is -1.39. The van der Waals surface area contributed by atoms with Crippen molar-refractivity contribution in [2.45, 2.75) is 433 Å². The number of aliphatic hydroxyl groups is 7. The van der Waals surface area contributed by atoms with E-state index in [1.807, 2.05) is 0 Å². The van der Waals surface area contributed by atoms with Crippen LogP contribution < -0.4 is 37.2 Å². The van der Waals surface area contributed by atoms with Gasteiger partial charge in [-0.15, -0.1) is 0 Å². The lowest BCUT2D eigenvalue weighted by Gasteiger charge is -2.38. The summed E-state index contributed by atoms with van der Waals surface area (Å²) in [6.07, 6.45) is 42.0. The standard InChI is InChI=1S/C103H182N8O27/c1-7-9-11-13-15-17-19-21-23-25-27-29-31-33-35-42-59-102(60-43-36-34-32-30-28-26-24-22-20-18-16-14-12-10-8-2)133-75-82(137-102)55-68-111(6)67-44-37-38-54-89(118)110-101(76-127-72-56-86(115)107-64-48-61-104-83(112)51-39-45-69-130-99-96(125)93(122)90(119)79(3)134-99,77-128-73-57-87(116)108-65-49-62-105-84(113)52-40-46-70-131-100-97(126)94(123)91(120)80(4)135-100)78-129-74-58-88(117)109-66-50-63-106-85(114)53-41-47-71-132-103-98(138-103)95(124)92(121)81(5)136-103/h15-18,21-24,79-82,90-96,98-100,119-125H,7-14,19-20,25-78H2,1-6H3,(H,104,112)(H,105,113)(H,106,114)(H,107,115)(H,108,116)(H,109,117)(H,110,118). The molecule has 0 aliphatic carbocycles. The lowest BCUT2D eigenvalue weighted by molar-refractivity contribution is -0.293. The Labute approximate surface area is 823 Å². The smallest absolute Gasteiger partial charge is 0.314 e. The van der Waals surface area contributed by atoms with Gasteiger partial charge in [0, 0.05) is 110 Å². The zero-order chi connectivity index (χ0) is 100. The van der Waals surface area contributed by atoms with Crippen LogP contribution >= 0.6 is 0 Å². The zero-order valence-corrected chi connectivity index (χ0v) is 84.7. The van der Waals surface area contributed by atoms with Gasteiger partial charge in [-0.25, -0.2) is 0 Å². The van der Waals surface area contributed by atoms with E-state index in [0.717, 1.165) is 83.7 Å². The van der Waals surface area contributed by atoms with Crippen molar-refractivity contribution in [2.24, 2.45) is 0 Å². The fourth-order valence-corrected chi connectivity index (χ4v) is 16.7. The SMILES string of the molecule is CCCCCC=CCC=CCCCCCCCCC1(CCCCCCCCC=CCC=CCCCCC)OCC(CCN(C)CCCCCC(=O)NC(COCCC(=O)NCCCNC(=O)CCCCOC2OC(C)C(O)C(O)C2=O)(COCCC(=O)NCCCNC(=O)CCCCOC2OC(C)C(O)C(O)C2O)COCCC(=O)NCCCNC(=O)CCCCOC23OC(C)C(O)C(O)C2O3)O1. The summed E-state index contributed by atoms with van der Waals surface area (Å²) in [6, 6.07) is 0. The maximum Gasteiger partial charge on any atom is 0.314 e. The molecule has 0 spiro atoms. The number of hydrogen-bond acceptors (Lipinski definition) is 28. The van der Waals surface area contributed by atoms with E-state index >= 15 is 0 Å². The molecule has 0 saturated carbocycles. The monoisotopic (exact) mass is 1960 g/mol. The molecule has 5 aliphatic rings. The molecule has 35 nitrogen and oxygen atoms in total. The molecule has 5 heterocycles. The summed E-state index contributed by atoms with van der Waals surface area (Å²) >= 11 is 0. The third-order valence-corrected chi connectivity index (χ3v) is 25.5. The van der Waals surface area contributed by atoms with Gasteiger partial charge in [0.15, 0.2) is 18.2 Å². The molecule has 5 aliphatic heterocycles. The average molecular weight is 1960 g/mol. The number of ether oxygens (including phenoxy) is 12. The first-order valence-corrected chi connectivity index (χ1v) is 52.8. The van der Waals surface area contributed by atoms with Gasteiger partial charge in [-0.2, -0.15) is 0 Å². The molecular formula is C103H182N8O27. The lowest BCUT2D eigenvalue weighted by atomic mass is 9.98. The van der Waals surface area contributed by atoms with Gasteiger partial charge in [0.2, 0.25) is 53.4 Å². The maximum absolute atomic E-state index is 14.4. The molecule has 5 fully saturated rings. The Morgan fingerprint density at radius 2 is 0.804 bits per heavy atom. The van der Waals surface area contributed by atoms with E-state index in [9.17, 15) is 74.1 Å². The van der Waals surface area contributed by atoms with E-state index in [0.29, 0.717) is 83.9 Å². The van der Waals surface area contributed by atoms with Gasteiger partial charge in [0.25, 0.3) is 0 Å². The van der Waals surface area contributed by atoms with Crippen molar-refractivity contribution in [3.8, 4) is 0 Å². The number of carbonyl (C=O) groups excluding carboxylic acids is 8. The zero-order valence-electron chi connectivity index (χ0n) is 84.7. The van der Waals surface area contributed by atoms with Gasteiger partial charge in [0.05, 0.1) is 83.9 Å². The number of amides is 7. The van der Waals surface area contributed by atoms with Crippen LogP contribution in [0.25, 0.3) is 0 Å². The van der Waals surface area contributed by atoms with Gasteiger partial charge < -0.3 is 135 Å². The summed E-state index contributed by atoms with van der Waals surface area (Å²) in [5.74, 6) is -4.59. The van der Waals surface area contributed by atoms with E-state index in [1.165, 1.54) is 122 Å². The summed E-state index contributed by atoms with van der Waals surface area (Å²) < 4.78 is 71.1. The number of ketones is 1. The highest BCUT2D eigenvalue weighted by atomic mass is 17.0. The van der Waals surface area contributed by atoms with Gasteiger partial charge in [-0.1, -0.05) is 146 Å². The van der Waals surface area contributed by atoms with Crippen molar-refractivity contribution in [1.29, 1.82) is 0 Å². The van der Waals surface area contributed by atoms with E-state index < -0.39 is 103 Å². The summed E-state index contributed by atoms with van der Waals surface area (Å²) in [7, 11) is 2.12. The third kappa shape index (κ3) is 54.2. The predicted octanol–water partition coefficient (Wildman–Crippen LogP) is 9.95. The molecule has 7 amide bonds. The van der Waals surface area contributed by atoms with Crippen LogP contribution in [0.2, 0.25) is 0 Å². The normalized spacial score (nSPS) is 24.8. The van der Waals surface area contributed by atoms with Crippen LogP contribution in [-0.4, -0.2) is 316 Å². The van der Waals surface area contributed by atoms with Gasteiger partial charge >= 0.3 is 5.97 Å². The van der Waals surface area contributed by atoms with E-state index in [4.69, 9.17) is 56.8 Å². The highest BCUT2D eigenvalue weighted by Crippen LogP contribution is 2.47. The lowest BCUT2D eigenvalue weighted by Crippen LogP contribution is -2.58. The third-order valence-electron chi connectivity index (χ3n) is 25.5. The minimum Gasteiger partial charge on any atom is -0.388 e. The summed E-state index contributed by atoms with van der Waals surface area (Å²) in [6.45, 7) is 12.6. The number of rotatable bonds is 85. The second-order valence-electron chi connectivity index (χ2n) is 38.0. The molecule has 138 heavy (non-hydrogen) atoms. The molecule has 14 N–H and O–H groups in total. The Kier molecular flexibility index (Phi) is 66.6. The van der Waals surface area contributed by atoms with Crippen molar-refractivity contribution in [2.75, 3.05) is 125 Å². The Hall–Kier alpha value is -5.88. The molecule has 796 valence electrons. The van der Waals surface area contributed by atoms with E-state index in [1.54, 1.807) is 13.8 Å². The molecule has 5 rings (SSSR count). The molecule has 16 unspecified atom stereocenters. The van der Waals surface area contributed by atoms with Gasteiger partial charge in [-0.3, -0.25) is 38.4 Å². The Morgan fingerprint density at radius 1 is 0.399 bits per heavy atom. The minimum atomic E-state index is -1.61.